The number of aliphatic imine (C=N–C) groups is 1. The first-order chi connectivity index (χ1) is 13.5. The van der Waals surface area contributed by atoms with Gasteiger partial charge in [0.2, 0.25) is 5.88 Å². The molecule has 0 bridgehead atoms. The number of hydrogen-bond acceptors (Lipinski definition) is 4. The van der Waals surface area contributed by atoms with Crippen LogP contribution in [-0.2, 0) is 0 Å². The molecular weight excluding hydrogens is 377 g/mol. The van der Waals surface area contributed by atoms with Crippen LogP contribution in [0.25, 0.3) is 16.5 Å². The summed E-state index contributed by atoms with van der Waals surface area (Å²) in [7, 11) is 0. The molecule has 0 amide bonds. The summed E-state index contributed by atoms with van der Waals surface area (Å²) < 4.78 is 14.4. The zero-order valence-corrected chi connectivity index (χ0v) is 15.3. The number of aromatic nitrogens is 2. The van der Waals surface area contributed by atoms with Gasteiger partial charge in [-0.15, -0.1) is 0 Å². The van der Waals surface area contributed by atoms with Crippen molar-refractivity contribution >= 4 is 34.9 Å². The summed E-state index contributed by atoms with van der Waals surface area (Å²) in [6, 6.07) is 18.9. The lowest BCUT2D eigenvalue weighted by atomic mass is 10.1. The van der Waals surface area contributed by atoms with Gasteiger partial charge in [-0.1, -0.05) is 30.3 Å². The Hall–Kier alpha value is -3.58. The van der Waals surface area contributed by atoms with Crippen molar-refractivity contribution < 1.29 is 9.50 Å². The summed E-state index contributed by atoms with van der Waals surface area (Å²) in [5, 5.41) is 12.7. The van der Waals surface area contributed by atoms with E-state index in [9.17, 15) is 14.3 Å². The molecule has 1 heterocycles. The minimum absolute atomic E-state index is 0.00281. The lowest BCUT2D eigenvalue weighted by molar-refractivity contribution is 0.432. The molecule has 0 radical (unpaired) electrons. The lowest BCUT2D eigenvalue weighted by Crippen LogP contribution is -2.18. The van der Waals surface area contributed by atoms with Crippen LogP contribution in [0.3, 0.4) is 0 Å². The molecule has 0 aliphatic rings. The number of halogens is 1. The van der Waals surface area contributed by atoms with Crippen molar-refractivity contribution in [2.75, 3.05) is 0 Å². The van der Waals surface area contributed by atoms with Crippen LogP contribution in [0.4, 0.5) is 10.1 Å². The zero-order valence-electron chi connectivity index (χ0n) is 14.5. The summed E-state index contributed by atoms with van der Waals surface area (Å²) in [6.07, 6.45) is 1.28. The molecule has 3 aromatic carbocycles. The lowest BCUT2D eigenvalue weighted by Gasteiger charge is -2.11. The molecule has 4 aromatic rings. The molecule has 0 spiro atoms. The molecule has 0 atom stereocenters. The number of H-pyrrole nitrogens is 1. The van der Waals surface area contributed by atoms with Crippen molar-refractivity contribution in [1.29, 1.82) is 0 Å². The fourth-order valence-electron chi connectivity index (χ4n) is 2.88. The molecule has 4 rings (SSSR count). The molecule has 7 heteroatoms. The van der Waals surface area contributed by atoms with Crippen LogP contribution < -0.4 is 5.56 Å². The van der Waals surface area contributed by atoms with Crippen molar-refractivity contribution in [2.45, 2.75) is 0 Å². The molecule has 0 saturated heterocycles. The van der Waals surface area contributed by atoms with Crippen LogP contribution in [0.5, 0.6) is 5.88 Å². The maximum Gasteiger partial charge on any atom is 0.264 e. The van der Waals surface area contributed by atoms with Gasteiger partial charge in [0.05, 0.1) is 11.4 Å². The molecule has 28 heavy (non-hydrogen) atoms. The average molecular weight is 391 g/mol. The quantitative estimate of drug-likeness (QED) is 0.395. The summed E-state index contributed by atoms with van der Waals surface area (Å²) in [5.74, 6) is -0.790. The van der Waals surface area contributed by atoms with Crippen LogP contribution >= 0.6 is 12.2 Å². The number of fused-ring (bicyclic) bond motifs is 1. The highest BCUT2D eigenvalue weighted by Crippen LogP contribution is 2.22. The number of nitrogens with zero attached hydrogens (tertiary/aromatic N) is 2. The zero-order chi connectivity index (χ0) is 19.7. The smallest absolute Gasteiger partial charge is 0.264 e. The summed E-state index contributed by atoms with van der Waals surface area (Å²) >= 11 is 5.14. The predicted molar refractivity (Wildman–Crippen MR) is 110 cm³/mol. The summed E-state index contributed by atoms with van der Waals surface area (Å²) in [4.78, 5) is 19.1. The standard InChI is InChI=1S/C21H14FN3O2S/c22-15-6-9-17(10-7-15)25-20(27)18(19(26)24-21(25)28)12-23-16-8-5-13-3-1-2-4-14(13)11-16/h1-12,27H,(H,24,26,28). The van der Waals surface area contributed by atoms with E-state index in [1.807, 2.05) is 42.5 Å². The van der Waals surface area contributed by atoms with Gasteiger partial charge in [-0.25, -0.2) is 4.39 Å². The number of benzene rings is 3. The second-order valence-electron chi connectivity index (χ2n) is 6.10. The van der Waals surface area contributed by atoms with Crippen LogP contribution in [-0.4, -0.2) is 20.9 Å². The average Bonchev–Trinajstić information content (AvgIpc) is 2.69. The Bertz CT molecular complexity index is 1320. The number of rotatable bonds is 3. The third-order valence-corrected chi connectivity index (χ3v) is 4.57. The molecule has 5 nitrogen and oxygen atoms in total. The first-order valence-corrected chi connectivity index (χ1v) is 8.81. The van der Waals surface area contributed by atoms with Crippen molar-refractivity contribution in [1.82, 2.24) is 9.55 Å². The summed E-state index contributed by atoms with van der Waals surface area (Å²) in [6.45, 7) is 0. The third kappa shape index (κ3) is 3.35. The minimum atomic E-state index is -0.564. The second kappa shape index (κ2) is 7.21. The fourth-order valence-corrected chi connectivity index (χ4v) is 3.17. The number of aromatic amines is 1. The van der Waals surface area contributed by atoms with Gasteiger partial charge >= 0.3 is 0 Å². The van der Waals surface area contributed by atoms with Crippen molar-refractivity contribution in [3.63, 3.8) is 0 Å². The number of hydrogen-bond donors (Lipinski definition) is 2. The van der Waals surface area contributed by atoms with E-state index in [-0.39, 0.29) is 16.2 Å². The fraction of sp³-hybridized carbons (Fsp3) is 0. The van der Waals surface area contributed by atoms with E-state index in [0.717, 1.165) is 10.8 Å². The molecule has 0 aliphatic carbocycles. The SMILES string of the molecule is O=c1[nH]c(=S)n(-c2ccc(F)cc2)c(O)c1C=Nc1ccc2ccccc2c1. The molecule has 0 unspecified atom stereocenters. The van der Waals surface area contributed by atoms with E-state index in [2.05, 4.69) is 9.98 Å². The van der Waals surface area contributed by atoms with E-state index < -0.39 is 11.4 Å². The Kier molecular flexibility index (Phi) is 4.58. The van der Waals surface area contributed by atoms with E-state index in [0.29, 0.717) is 11.4 Å². The van der Waals surface area contributed by atoms with Gasteiger partial charge in [-0.05, 0) is 59.4 Å². The first-order valence-electron chi connectivity index (χ1n) is 8.40. The molecule has 0 aliphatic heterocycles. The maximum atomic E-state index is 13.2. The van der Waals surface area contributed by atoms with Gasteiger partial charge in [0, 0.05) is 6.21 Å². The Morgan fingerprint density at radius 2 is 1.75 bits per heavy atom. The molecule has 1 aromatic heterocycles. The van der Waals surface area contributed by atoms with Crippen molar-refractivity contribution in [3.8, 4) is 11.6 Å². The van der Waals surface area contributed by atoms with Crippen molar-refractivity contribution in [2.24, 2.45) is 4.99 Å². The highest BCUT2D eigenvalue weighted by Gasteiger charge is 2.12. The molecule has 138 valence electrons. The highest BCUT2D eigenvalue weighted by molar-refractivity contribution is 7.71. The van der Waals surface area contributed by atoms with Crippen LogP contribution in [0.15, 0.2) is 76.5 Å². The number of aromatic hydroxyl groups is 1. The van der Waals surface area contributed by atoms with Crippen LogP contribution in [0, 0.1) is 10.6 Å². The van der Waals surface area contributed by atoms with E-state index in [1.54, 1.807) is 0 Å². The Labute approximate surface area is 164 Å². The first kappa shape index (κ1) is 17.8. The van der Waals surface area contributed by atoms with Crippen molar-refractivity contribution in [3.05, 3.63) is 93.2 Å². The Morgan fingerprint density at radius 1 is 1.04 bits per heavy atom. The van der Waals surface area contributed by atoms with Crippen LogP contribution in [0.1, 0.15) is 5.56 Å². The van der Waals surface area contributed by atoms with Gasteiger partial charge < -0.3 is 5.11 Å². The van der Waals surface area contributed by atoms with Gasteiger partial charge in [0.15, 0.2) is 4.77 Å². The van der Waals surface area contributed by atoms with Gasteiger partial charge in [-0.2, -0.15) is 0 Å². The van der Waals surface area contributed by atoms with E-state index in [1.165, 1.54) is 35.0 Å². The number of nitrogens with one attached hydrogen (secondary N) is 1. The maximum absolute atomic E-state index is 13.2. The monoisotopic (exact) mass is 391 g/mol. The normalized spacial score (nSPS) is 11.3. The largest absolute Gasteiger partial charge is 0.494 e. The molecular formula is C21H14FN3O2S. The van der Waals surface area contributed by atoms with E-state index >= 15 is 0 Å². The van der Waals surface area contributed by atoms with Gasteiger partial charge in [0.25, 0.3) is 5.56 Å². The minimum Gasteiger partial charge on any atom is -0.494 e. The topological polar surface area (TPSA) is 70.4 Å². The third-order valence-electron chi connectivity index (χ3n) is 4.28. The van der Waals surface area contributed by atoms with E-state index in [4.69, 9.17) is 12.2 Å². The highest BCUT2D eigenvalue weighted by atomic mass is 32.1. The predicted octanol–water partition coefficient (Wildman–Crippen LogP) is 4.64. The Balaban J connectivity index is 1.79. The molecule has 0 saturated carbocycles. The molecule has 0 fully saturated rings. The van der Waals surface area contributed by atoms with Gasteiger partial charge in [0.1, 0.15) is 11.4 Å². The van der Waals surface area contributed by atoms with Crippen LogP contribution in [0.2, 0.25) is 0 Å². The Morgan fingerprint density at radius 3 is 2.50 bits per heavy atom. The molecule has 2 N–H and O–H groups in total. The van der Waals surface area contributed by atoms with Gasteiger partial charge in [-0.3, -0.25) is 19.3 Å². The second-order valence-corrected chi connectivity index (χ2v) is 6.48. The summed E-state index contributed by atoms with van der Waals surface area (Å²) in [5.41, 5.74) is 0.435.